The van der Waals surface area contributed by atoms with Crippen molar-refractivity contribution in [3.8, 4) is 0 Å². The highest BCUT2D eigenvalue weighted by Gasteiger charge is 2.28. The fraction of sp³-hybridized carbons (Fsp3) is 0.781. The van der Waals surface area contributed by atoms with E-state index >= 15 is 0 Å². The molecule has 0 spiro atoms. The minimum atomic E-state index is -2.10. The Morgan fingerprint density at radius 2 is 1.27 bits per heavy atom. The van der Waals surface area contributed by atoms with Gasteiger partial charge in [0.1, 0.15) is 18.8 Å². The Kier molecular flexibility index (Phi) is 21.7. The molecule has 0 aliphatic heterocycles. The molecular formula is C32H59NO6P+. The lowest BCUT2D eigenvalue weighted by Crippen LogP contribution is -2.41. The van der Waals surface area contributed by atoms with Crippen molar-refractivity contribution >= 4 is 14.6 Å². The number of benzene rings is 1. The number of likely N-dealkylation sites (N-methyl/N-ethyl adjacent to an activating group) is 1. The largest absolute Gasteiger partial charge is 0.458 e. The normalized spacial score (nSPS) is 14.2. The van der Waals surface area contributed by atoms with Gasteiger partial charge in [-0.15, -0.1) is 0 Å². The SMILES string of the molecule is CCCCCCCCCCCCCCCCOCC(COP(O)OCC(c1ccccc1)[N+](C)(C)C)OC(C)=O. The maximum Gasteiger partial charge on any atom is 0.330 e. The minimum Gasteiger partial charge on any atom is -0.458 e. The summed E-state index contributed by atoms with van der Waals surface area (Å²) in [6, 6.07) is 10.1. The maximum atomic E-state index is 11.5. The van der Waals surface area contributed by atoms with E-state index in [1.54, 1.807) is 0 Å². The van der Waals surface area contributed by atoms with Crippen molar-refractivity contribution in [1.82, 2.24) is 0 Å². The van der Waals surface area contributed by atoms with Gasteiger partial charge in [-0.1, -0.05) is 121 Å². The molecule has 3 atom stereocenters. The number of unbranched alkanes of at least 4 members (excludes halogenated alkanes) is 13. The van der Waals surface area contributed by atoms with Crippen LogP contribution in [0.3, 0.4) is 0 Å². The van der Waals surface area contributed by atoms with Gasteiger partial charge in [0.25, 0.3) is 0 Å². The van der Waals surface area contributed by atoms with E-state index < -0.39 is 20.7 Å². The Morgan fingerprint density at radius 1 is 0.775 bits per heavy atom. The van der Waals surface area contributed by atoms with Gasteiger partial charge in [0, 0.05) is 19.1 Å². The molecule has 0 amide bonds. The Labute approximate surface area is 246 Å². The maximum absolute atomic E-state index is 11.5. The number of carbonyl (C=O) groups is 1. The van der Waals surface area contributed by atoms with E-state index in [1.165, 1.54) is 84.0 Å². The summed E-state index contributed by atoms with van der Waals surface area (Å²) in [5, 5.41) is 0. The fourth-order valence-corrected chi connectivity index (χ4v) is 5.36. The average molecular weight is 585 g/mol. The summed E-state index contributed by atoms with van der Waals surface area (Å²) in [5.41, 5.74) is 1.13. The highest BCUT2D eigenvalue weighted by Crippen LogP contribution is 2.36. The van der Waals surface area contributed by atoms with Crippen LogP contribution >= 0.6 is 8.60 Å². The Hall–Kier alpha value is -1.08. The van der Waals surface area contributed by atoms with Gasteiger partial charge < -0.3 is 27.9 Å². The molecule has 3 unspecified atom stereocenters. The van der Waals surface area contributed by atoms with Gasteiger partial charge in [-0.05, 0) is 6.42 Å². The number of nitrogens with zero attached hydrogens (tertiary/aromatic N) is 1. The predicted octanol–water partition coefficient (Wildman–Crippen LogP) is 8.12. The molecule has 232 valence electrons. The molecule has 0 bridgehead atoms. The highest BCUT2D eigenvalue weighted by atomic mass is 31.2. The van der Waals surface area contributed by atoms with E-state index in [4.69, 9.17) is 18.5 Å². The molecule has 1 aromatic carbocycles. The number of hydrogen-bond donors (Lipinski definition) is 1. The molecule has 0 aromatic heterocycles. The summed E-state index contributed by atoms with van der Waals surface area (Å²) >= 11 is 0. The Morgan fingerprint density at radius 3 is 1.77 bits per heavy atom. The zero-order valence-corrected chi connectivity index (χ0v) is 27.0. The first-order valence-corrected chi connectivity index (χ1v) is 16.7. The van der Waals surface area contributed by atoms with Crippen molar-refractivity contribution in [2.24, 2.45) is 0 Å². The lowest BCUT2D eigenvalue weighted by molar-refractivity contribution is -0.902. The lowest BCUT2D eigenvalue weighted by Gasteiger charge is -2.34. The third-order valence-corrected chi connectivity index (χ3v) is 7.85. The molecule has 0 saturated carbocycles. The summed E-state index contributed by atoms with van der Waals surface area (Å²) in [6.07, 6.45) is 17.9. The second kappa shape index (κ2) is 23.5. The summed E-state index contributed by atoms with van der Waals surface area (Å²) in [7, 11) is 4.17. The number of rotatable bonds is 26. The second-order valence-electron chi connectivity index (χ2n) is 11.8. The molecular weight excluding hydrogens is 525 g/mol. The van der Waals surface area contributed by atoms with E-state index in [2.05, 4.69) is 40.2 Å². The zero-order valence-electron chi connectivity index (χ0n) is 26.2. The molecule has 40 heavy (non-hydrogen) atoms. The van der Waals surface area contributed by atoms with Crippen LogP contribution in [0, 0.1) is 0 Å². The number of carbonyl (C=O) groups excluding carboxylic acids is 1. The molecule has 0 saturated heterocycles. The van der Waals surface area contributed by atoms with Crippen molar-refractivity contribution in [3.05, 3.63) is 35.9 Å². The monoisotopic (exact) mass is 584 g/mol. The molecule has 1 N–H and O–H groups in total. The van der Waals surface area contributed by atoms with Crippen LogP contribution < -0.4 is 0 Å². The molecule has 1 rings (SSSR count). The molecule has 0 aliphatic carbocycles. The molecule has 7 nitrogen and oxygen atoms in total. The van der Waals surface area contributed by atoms with Gasteiger partial charge in [0.15, 0.2) is 0 Å². The van der Waals surface area contributed by atoms with Gasteiger partial charge in [0.05, 0.1) is 34.4 Å². The molecule has 0 aliphatic rings. The number of ether oxygens (including phenoxy) is 2. The second-order valence-corrected chi connectivity index (χ2v) is 12.8. The minimum absolute atomic E-state index is 0.0287. The van der Waals surface area contributed by atoms with Crippen LogP contribution in [0.4, 0.5) is 0 Å². The van der Waals surface area contributed by atoms with Gasteiger partial charge in [-0.25, -0.2) is 0 Å². The standard InChI is InChI=1S/C32H59NO6P/c1-6-7-8-9-10-11-12-13-14-15-16-17-18-22-25-36-26-31(39-29(2)34)27-37-40(35)38-28-32(33(3,4)5)30-23-20-19-21-24-30/h19-21,23-24,31-32,35H,6-18,22,25-28H2,1-5H3/q+1. The Balaban J connectivity index is 2.15. The average Bonchev–Trinajstić information content (AvgIpc) is 2.91. The topological polar surface area (TPSA) is 74.2 Å². The van der Waals surface area contributed by atoms with Crippen molar-refractivity contribution in [3.63, 3.8) is 0 Å². The van der Waals surface area contributed by atoms with E-state index in [0.717, 1.165) is 18.4 Å². The highest BCUT2D eigenvalue weighted by molar-refractivity contribution is 7.40. The van der Waals surface area contributed by atoms with Crippen LogP contribution in [-0.4, -0.2) is 69.0 Å². The third kappa shape index (κ3) is 19.9. The summed E-state index contributed by atoms with van der Waals surface area (Å²) in [4.78, 5) is 21.9. The zero-order chi connectivity index (χ0) is 29.5. The van der Waals surface area contributed by atoms with Crippen LogP contribution in [0.5, 0.6) is 0 Å². The first-order valence-electron chi connectivity index (χ1n) is 15.6. The van der Waals surface area contributed by atoms with Crippen LogP contribution in [0.2, 0.25) is 0 Å². The summed E-state index contributed by atoms with van der Waals surface area (Å²) in [6.45, 7) is 4.84. The van der Waals surface area contributed by atoms with Gasteiger partial charge in [0.2, 0.25) is 0 Å². The lowest BCUT2D eigenvalue weighted by atomic mass is 10.0. The quantitative estimate of drug-likeness (QED) is 0.0513. The van der Waals surface area contributed by atoms with Crippen molar-refractivity contribution in [1.29, 1.82) is 0 Å². The van der Waals surface area contributed by atoms with Crippen molar-refractivity contribution in [2.45, 2.75) is 116 Å². The number of hydrogen-bond acceptors (Lipinski definition) is 6. The van der Waals surface area contributed by atoms with Crippen LogP contribution in [0.25, 0.3) is 0 Å². The van der Waals surface area contributed by atoms with Crippen LogP contribution in [0.15, 0.2) is 30.3 Å². The van der Waals surface area contributed by atoms with Crippen molar-refractivity contribution in [2.75, 3.05) is 47.6 Å². The van der Waals surface area contributed by atoms with E-state index in [1.807, 2.05) is 18.2 Å². The molecule has 0 heterocycles. The number of esters is 1. The third-order valence-electron chi connectivity index (χ3n) is 7.11. The van der Waals surface area contributed by atoms with E-state index in [-0.39, 0.29) is 19.3 Å². The van der Waals surface area contributed by atoms with Crippen LogP contribution in [0.1, 0.15) is 115 Å². The molecule has 0 fully saturated rings. The molecule has 0 radical (unpaired) electrons. The fourth-order valence-electron chi connectivity index (χ4n) is 4.73. The first-order chi connectivity index (χ1) is 19.2. The van der Waals surface area contributed by atoms with Crippen molar-refractivity contribution < 1.29 is 32.7 Å². The summed E-state index contributed by atoms with van der Waals surface area (Å²) < 4.78 is 22.9. The molecule has 1 aromatic rings. The summed E-state index contributed by atoms with van der Waals surface area (Å²) in [5.74, 6) is -0.397. The van der Waals surface area contributed by atoms with Gasteiger partial charge >= 0.3 is 14.6 Å². The predicted molar refractivity (Wildman–Crippen MR) is 165 cm³/mol. The van der Waals surface area contributed by atoms with Crippen LogP contribution in [-0.2, 0) is 23.3 Å². The van der Waals surface area contributed by atoms with Gasteiger partial charge in [-0.2, -0.15) is 0 Å². The van der Waals surface area contributed by atoms with E-state index in [9.17, 15) is 9.69 Å². The molecule has 8 heteroatoms. The Bertz CT molecular complexity index is 730. The van der Waals surface area contributed by atoms with E-state index in [0.29, 0.717) is 17.7 Å². The first kappa shape index (κ1) is 36.9. The number of quaternary nitrogens is 1. The smallest absolute Gasteiger partial charge is 0.330 e. The van der Waals surface area contributed by atoms with Gasteiger partial charge in [-0.3, -0.25) is 4.79 Å².